The molecule has 3 amide bonds. The number of aromatic nitrogens is 1. The van der Waals surface area contributed by atoms with Gasteiger partial charge in [-0.05, 0) is 49.6 Å². The van der Waals surface area contributed by atoms with E-state index in [4.69, 9.17) is 0 Å². The summed E-state index contributed by atoms with van der Waals surface area (Å²) in [6.45, 7) is 3.77. The molecule has 0 atom stereocenters. The van der Waals surface area contributed by atoms with Crippen molar-refractivity contribution in [2.75, 3.05) is 19.6 Å². The van der Waals surface area contributed by atoms with Gasteiger partial charge in [-0.1, -0.05) is 12.1 Å². The van der Waals surface area contributed by atoms with Crippen LogP contribution in [0.15, 0.2) is 42.6 Å². The summed E-state index contributed by atoms with van der Waals surface area (Å²) in [5.74, 6) is -0.130. The van der Waals surface area contributed by atoms with Crippen LogP contribution in [0.5, 0.6) is 0 Å². The van der Waals surface area contributed by atoms with Crippen molar-refractivity contribution in [3.63, 3.8) is 0 Å². The number of nitriles is 1. The fourth-order valence-electron chi connectivity index (χ4n) is 3.29. The molecule has 0 spiro atoms. The number of hydrogen-bond acceptors (Lipinski definition) is 4. The molecule has 1 saturated heterocycles. The van der Waals surface area contributed by atoms with E-state index >= 15 is 0 Å². The Hall–Kier alpha value is -3.40. The maximum atomic E-state index is 12.5. The number of nitrogens with zero attached hydrogens (tertiary/aromatic N) is 3. The smallest absolute Gasteiger partial charge is 0.317 e. The Labute approximate surface area is 164 Å². The second-order valence-electron chi connectivity index (χ2n) is 6.66. The fourth-order valence-corrected chi connectivity index (χ4v) is 3.29. The molecule has 144 valence electrons. The monoisotopic (exact) mass is 377 g/mol. The Bertz CT molecular complexity index is 880. The lowest BCUT2D eigenvalue weighted by molar-refractivity contribution is 0.0918. The topological polar surface area (TPSA) is 98.1 Å². The van der Waals surface area contributed by atoms with Crippen LogP contribution in [0.2, 0.25) is 0 Å². The Balaban J connectivity index is 1.59. The van der Waals surface area contributed by atoms with Crippen LogP contribution in [-0.4, -0.2) is 47.5 Å². The molecule has 1 aliphatic rings. The second kappa shape index (κ2) is 9.00. The fraction of sp³-hybridized carbons (Fsp3) is 0.333. The van der Waals surface area contributed by atoms with Gasteiger partial charge in [0.2, 0.25) is 0 Å². The van der Waals surface area contributed by atoms with Gasteiger partial charge in [0, 0.05) is 43.0 Å². The molecule has 2 aromatic rings. The summed E-state index contributed by atoms with van der Waals surface area (Å²) < 4.78 is 0. The first-order valence-corrected chi connectivity index (χ1v) is 9.41. The van der Waals surface area contributed by atoms with Crippen LogP contribution in [0.1, 0.15) is 35.8 Å². The number of nitrogens with one attached hydrogen (secondary N) is 2. The predicted octanol–water partition coefficient (Wildman–Crippen LogP) is 2.54. The highest BCUT2D eigenvalue weighted by Crippen LogP contribution is 2.22. The van der Waals surface area contributed by atoms with E-state index in [1.54, 1.807) is 29.3 Å². The van der Waals surface area contributed by atoms with Crippen molar-refractivity contribution < 1.29 is 9.59 Å². The third-order valence-electron chi connectivity index (χ3n) is 4.82. The van der Waals surface area contributed by atoms with Crippen molar-refractivity contribution in [3.8, 4) is 17.2 Å². The summed E-state index contributed by atoms with van der Waals surface area (Å²) in [6, 6.07) is 12.9. The molecule has 7 heteroatoms. The number of amides is 3. The van der Waals surface area contributed by atoms with Crippen molar-refractivity contribution in [3.05, 3.63) is 53.9 Å². The van der Waals surface area contributed by atoms with Crippen molar-refractivity contribution in [1.29, 1.82) is 5.26 Å². The number of piperidine rings is 1. The number of likely N-dealkylation sites (tertiary alicyclic amines) is 1. The molecule has 1 aromatic carbocycles. The van der Waals surface area contributed by atoms with Crippen LogP contribution in [0.4, 0.5) is 4.79 Å². The van der Waals surface area contributed by atoms with E-state index in [2.05, 4.69) is 21.7 Å². The van der Waals surface area contributed by atoms with Gasteiger partial charge in [0.25, 0.3) is 5.91 Å². The first-order valence-electron chi connectivity index (χ1n) is 9.41. The number of benzene rings is 1. The molecule has 1 aromatic heterocycles. The van der Waals surface area contributed by atoms with Crippen LogP contribution in [0.25, 0.3) is 11.1 Å². The molecule has 1 aliphatic heterocycles. The lowest BCUT2D eigenvalue weighted by Gasteiger charge is -2.32. The standard InChI is InChI=1S/C21H23N5O2/c1-2-23-21(28)26-12-9-17(10-13-26)25-20(27)16-7-5-15(6-8-16)18-4-3-11-24-19(18)14-22/h3-8,11,17H,2,9-10,12-13H2,1H3,(H,23,28)(H,25,27). The molecular weight excluding hydrogens is 354 g/mol. The maximum absolute atomic E-state index is 12.5. The highest BCUT2D eigenvalue weighted by molar-refractivity contribution is 5.95. The van der Waals surface area contributed by atoms with Crippen molar-refractivity contribution in [1.82, 2.24) is 20.5 Å². The molecule has 7 nitrogen and oxygen atoms in total. The lowest BCUT2D eigenvalue weighted by atomic mass is 10.0. The first kappa shape index (κ1) is 19.4. The number of carbonyl (C=O) groups is 2. The summed E-state index contributed by atoms with van der Waals surface area (Å²) in [6.07, 6.45) is 3.06. The summed E-state index contributed by atoms with van der Waals surface area (Å²) in [7, 11) is 0. The van der Waals surface area contributed by atoms with Crippen LogP contribution in [0.3, 0.4) is 0 Å². The number of urea groups is 1. The van der Waals surface area contributed by atoms with Gasteiger partial charge in [0.05, 0.1) is 0 Å². The number of pyridine rings is 1. The molecule has 3 rings (SSSR count). The van der Waals surface area contributed by atoms with Gasteiger partial charge >= 0.3 is 6.03 Å². The molecular formula is C21H23N5O2. The van der Waals surface area contributed by atoms with Gasteiger partial charge in [-0.2, -0.15) is 5.26 Å². The van der Waals surface area contributed by atoms with E-state index in [9.17, 15) is 14.9 Å². The van der Waals surface area contributed by atoms with E-state index in [0.29, 0.717) is 30.9 Å². The highest BCUT2D eigenvalue weighted by atomic mass is 16.2. The molecule has 28 heavy (non-hydrogen) atoms. The van der Waals surface area contributed by atoms with Crippen LogP contribution >= 0.6 is 0 Å². The predicted molar refractivity (Wildman–Crippen MR) is 106 cm³/mol. The summed E-state index contributed by atoms with van der Waals surface area (Å²) >= 11 is 0. The molecule has 1 fully saturated rings. The Morgan fingerprint density at radius 2 is 1.93 bits per heavy atom. The normalized spacial score (nSPS) is 14.2. The number of rotatable bonds is 4. The number of hydrogen-bond donors (Lipinski definition) is 2. The van der Waals surface area contributed by atoms with E-state index < -0.39 is 0 Å². The zero-order valence-corrected chi connectivity index (χ0v) is 15.8. The van der Waals surface area contributed by atoms with Crippen LogP contribution in [0, 0.1) is 11.3 Å². The molecule has 2 N–H and O–H groups in total. The van der Waals surface area contributed by atoms with Gasteiger partial charge in [-0.25, -0.2) is 9.78 Å². The van der Waals surface area contributed by atoms with Gasteiger partial charge in [-0.3, -0.25) is 4.79 Å². The van der Waals surface area contributed by atoms with E-state index in [-0.39, 0.29) is 18.0 Å². The zero-order valence-electron chi connectivity index (χ0n) is 15.8. The van der Waals surface area contributed by atoms with E-state index in [0.717, 1.165) is 24.0 Å². The molecule has 0 aliphatic carbocycles. The first-order chi connectivity index (χ1) is 13.6. The van der Waals surface area contributed by atoms with Gasteiger partial charge in [0.1, 0.15) is 11.8 Å². The summed E-state index contributed by atoms with van der Waals surface area (Å²) in [5.41, 5.74) is 2.52. The van der Waals surface area contributed by atoms with E-state index in [1.807, 2.05) is 25.1 Å². The Morgan fingerprint density at radius 1 is 1.21 bits per heavy atom. The van der Waals surface area contributed by atoms with Crippen molar-refractivity contribution in [2.45, 2.75) is 25.8 Å². The van der Waals surface area contributed by atoms with Crippen molar-refractivity contribution >= 4 is 11.9 Å². The van der Waals surface area contributed by atoms with Crippen LogP contribution < -0.4 is 10.6 Å². The quantitative estimate of drug-likeness (QED) is 0.855. The van der Waals surface area contributed by atoms with Gasteiger partial charge < -0.3 is 15.5 Å². The summed E-state index contributed by atoms with van der Waals surface area (Å²) in [5, 5.41) is 15.0. The van der Waals surface area contributed by atoms with Crippen LogP contribution in [-0.2, 0) is 0 Å². The third kappa shape index (κ3) is 4.46. The molecule has 0 bridgehead atoms. The largest absolute Gasteiger partial charge is 0.349 e. The second-order valence-corrected chi connectivity index (χ2v) is 6.66. The lowest BCUT2D eigenvalue weighted by Crippen LogP contribution is -2.49. The number of carbonyl (C=O) groups excluding carboxylic acids is 2. The minimum atomic E-state index is -0.130. The van der Waals surface area contributed by atoms with Crippen molar-refractivity contribution in [2.24, 2.45) is 0 Å². The molecule has 0 saturated carbocycles. The maximum Gasteiger partial charge on any atom is 0.317 e. The average Bonchev–Trinajstić information content (AvgIpc) is 2.74. The van der Waals surface area contributed by atoms with E-state index in [1.165, 1.54) is 0 Å². The Morgan fingerprint density at radius 3 is 2.57 bits per heavy atom. The SMILES string of the molecule is CCNC(=O)N1CCC(NC(=O)c2ccc(-c3cccnc3C#N)cc2)CC1. The minimum absolute atomic E-state index is 0.0463. The third-order valence-corrected chi connectivity index (χ3v) is 4.82. The zero-order chi connectivity index (χ0) is 19.9. The summed E-state index contributed by atoms with van der Waals surface area (Å²) in [4.78, 5) is 30.2. The van der Waals surface area contributed by atoms with Gasteiger partial charge in [0.15, 0.2) is 0 Å². The van der Waals surface area contributed by atoms with Gasteiger partial charge in [-0.15, -0.1) is 0 Å². The highest BCUT2D eigenvalue weighted by Gasteiger charge is 2.23. The minimum Gasteiger partial charge on any atom is -0.349 e. The molecule has 0 unspecified atom stereocenters. The Kier molecular flexibility index (Phi) is 6.22. The molecule has 2 heterocycles. The molecule has 0 radical (unpaired) electrons. The average molecular weight is 377 g/mol.